The number of nitrogens with zero attached hydrogens (tertiary/aromatic N) is 3. The maximum atomic E-state index is 11.6. The van der Waals surface area contributed by atoms with Gasteiger partial charge in [-0.3, -0.25) is 10.1 Å². The first kappa shape index (κ1) is 22.7. The standard InChI is InChI=1S/C23H26N4O5/c1-15-10-18(14-25-24-13-17-6-9-22(31-4)23(11-17)32-5)16(2)26(15)20-8-7-19(30-3)12-21(20)27(28)29/h6-12,14,24H,13H2,1-5H3/b25-14+. The molecule has 3 aromatic rings. The van der Waals surface area contributed by atoms with Crippen LogP contribution in [0.1, 0.15) is 22.5 Å². The van der Waals surface area contributed by atoms with E-state index in [4.69, 9.17) is 14.2 Å². The Morgan fingerprint density at radius 2 is 1.78 bits per heavy atom. The Balaban J connectivity index is 1.80. The number of nitrogens with one attached hydrogen (secondary N) is 1. The van der Waals surface area contributed by atoms with Crippen molar-refractivity contribution in [1.82, 2.24) is 9.99 Å². The van der Waals surface area contributed by atoms with Crippen molar-refractivity contribution in [1.29, 1.82) is 0 Å². The molecule has 9 nitrogen and oxygen atoms in total. The van der Waals surface area contributed by atoms with Gasteiger partial charge in [-0.15, -0.1) is 0 Å². The van der Waals surface area contributed by atoms with E-state index in [0.717, 1.165) is 22.5 Å². The summed E-state index contributed by atoms with van der Waals surface area (Å²) in [6.07, 6.45) is 1.70. The molecule has 2 aromatic carbocycles. The fourth-order valence-corrected chi connectivity index (χ4v) is 3.50. The second kappa shape index (κ2) is 9.86. The molecule has 0 fully saturated rings. The van der Waals surface area contributed by atoms with Crippen LogP contribution in [0.3, 0.4) is 0 Å². The average molecular weight is 438 g/mol. The lowest BCUT2D eigenvalue weighted by molar-refractivity contribution is -0.384. The van der Waals surface area contributed by atoms with E-state index in [0.29, 0.717) is 29.5 Å². The van der Waals surface area contributed by atoms with Crippen molar-refractivity contribution in [3.63, 3.8) is 0 Å². The monoisotopic (exact) mass is 438 g/mol. The summed E-state index contributed by atoms with van der Waals surface area (Å²) in [6, 6.07) is 12.4. The number of rotatable bonds is 9. The molecular weight excluding hydrogens is 412 g/mol. The highest BCUT2D eigenvalue weighted by atomic mass is 16.6. The zero-order valence-corrected chi connectivity index (χ0v) is 18.7. The van der Waals surface area contributed by atoms with Crippen LogP contribution in [0, 0.1) is 24.0 Å². The van der Waals surface area contributed by atoms with Gasteiger partial charge >= 0.3 is 0 Å². The third-order valence-electron chi connectivity index (χ3n) is 5.12. The summed E-state index contributed by atoms with van der Waals surface area (Å²) >= 11 is 0. The fraction of sp³-hybridized carbons (Fsp3) is 0.261. The minimum atomic E-state index is -0.408. The molecule has 0 aliphatic carbocycles. The van der Waals surface area contributed by atoms with Crippen LogP contribution in [-0.2, 0) is 6.54 Å². The summed E-state index contributed by atoms with van der Waals surface area (Å²) in [5.41, 5.74) is 7.01. The number of hydrogen-bond acceptors (Lipinski definition) is 7. The average Bonchev–Trinajstić information content (AvgIpc) is 3.08. The third-order valence-corrected chi connectivity index (χ3v) is 5.12. The van der Waals surface area contributed by atoms with Crippen LogP contribution in [0.2, 0.25) is 0 Å². The van der Waals surface area contributed by atoms with E-state index in [-0.39, 0.29) is 5.69 Å². The van der Waals surface area contributed by atoms with Crippen molar-refractivity contribution in [3.05, 3.63) is 75.1 Å². The molecule has 9 heteroatoms. The van der Waals surface area contributed by atoms with E-state index in [1.54, 1.807) is 32.6 Å². The quantitative estimate of drug-likeness (QED) is 0.306. The van der Waals surface area contributed by atoms with E-state index in [9.17, 15) is 10.1 Å². The van der Waals surface area contributed by atoms with Crippen LogP contribution >= 0.6 is 0 Å². The molecule has 0 aliphatic rings. The molecule has 1 heterocycles. The summed E-state index contributed by atoms with van der Waals surface area (Å²) < 4.78 is 17.5. The van der Waals surface area contributed by atoms with Gasteiger partial charge in [-0.1, -0.05) is 6.07 Å². The first-order valence-electron chi connectivity index (χ1n) is 9.88. The fourth-order valence-electron chi connectivity index (χ4n) is 3.50. The highest BCUT2D eigenvalue weighted by Gasteiger charge is 2.20. The Morgan fingerprint density at radius 3 is 2.44 bits per heavy atom. The Labute approximate surface area is 186 Å². The molecule has 0 saturated carbocycles. The first-order valence-corrected chi connectivity index (χ1v) is 9.88. The summed E-state index contributed by atoms with van der Waals surface area (Å²) in [4.78, 5) is 11.2. The van der Waals surface area contributed by atoms with Crippen molar-refractivity contribution in [2.75, 3.05) is 21.3 Å². The van der Waals surface area contributed by atoms with E-state index in [1.165, 1.54) is 13.2 Å². The second-order valence-electron chi connectivity index (χ2n) is 7.06. The zero-order chi connectivity index (χ0) is 23.3. The molecule has 0 saturated heterocycles. The van der Waals surface area contributed by atoms with Gasteiger partial charge in [0.25, 0.3) is 5.69 Å². The minimum absolute atomic E-state index is 0.0267. The minimum Gasteiger partial charge on any atom is -0.496 e. The maximum Gasteiger partial charge on any atom is 0.296 e. The molecule has 1 aromatic heterocycles. The number of aromatic nitrogens is 1. The SMILES string of the molecule is COc1ccc(-n2c(C)cc(/C=N/NCc3ccc(OC)c(OC)c3)c2C)c([N+](=O)[O-])c1. The van der Waals surface area contributed by atoms with Crippen molar-refractivity contribution in [2.45, 2.75) is 20.4 Å². The van der Waals surface area contributed by atoms with Crippen LogP contribution in [0.5, 0.6) is 17.2 Å². The number of benzene rings is 2. The number of nitro benzene ring substituents is 1. The first-order chi connectivity index (χ1) is 15.4. The van der Waals surface area contributed by atoms with Crippen molar-refractivity contribution < 1.29 is 19.1 Å². The molecule has 1 N–H and O–H groups in total. The van der Waals surface area contributed by atoms with Crippen molar-refractivity contribution in [3.8, 4) is 22.9 Å². The number of methoxy groups -OCH3 is 3. The lowest BCUT2D eigenvalue weighted by Crippen LogP contribution is -2.07. The smallest absolute Gasteiger partial charge is 0.296 e. The van der Waals surface area contributed by atoms with Crippen molar-refractivity contribution in [2.24, 2.45) is 5.10 Å². The predicted molar refractivity (Wildman–Crippen MR) is 122 cm³/mol. The van der Waals surface area contributed by atoms with E-state index in [2.05, 4.69) is 10.5 Å². The zero-order valence-electron chi connectivity index (χ0n) is 18.7. The van der Waals surface area contributed by atoms with Crippen LogP contribution in [0.15, 0.2) is 47.6 Å². The molecule has 0 amide bonds. The van der Waals surface area contributed by atoms with Gasteiger partial charge in [-0.2, -0.15) is 5.10 Å². The topological polar surface area (TPSA) is 100 Å². The van der Waals surface area contributed by atoms with Gasteiger partial charge in [0, 0.05) is 17.0 Å². The second-order valence-corrected chi connectivity index (χ2v) is 7.06. The van der Waals surface area contributed by atoms with E-state index < -0.39 is 4.92 Å². The number of nitro groups is 1. The predicted octanol–water partition coefficient (Wildman–Crippen LogP) is 4.15. The van der Waals surface area contributed by atoms with E-state index in [1.807, 2.05) is 42.7 Å². The van der Waals surface area contributed by atoms with Gasteiger partial charge in [-0.25, -0.2) is 0 Å². The number of ether oxygens (including phenoxy) is 3. The molecule has 3 rings (SSSR count). The molecule has 0 aliphatic heterocycles. The van der Waals surface area contributed by atoms with E-state index >= 15 is 0 Å². The number of hydrogen-bond donors (Lipinski definition) is 1. The van der Waals surface area contributed by atoms with Gasteiger partial charge in [-0.05, 0) is 49.7 Å². The molecule has 0 bridgehead atoms. The highest BCUT2D eigenvalue weighted by Crippen LogP contribution is 2.31. The number of hydrazone groups is 1. The normalized spacial score (nSPS) is 10.9. The largest absolute Gasteiger partial charge is 0.496 e. The van der Waals surface area contributed by atoms with Crippen LogP contribution < -0.4 is 19.6 Å². The lowest BCUT2D eigenvalue weighted by atomic mass is 10.2. The van der Waals surface area contributed by atoms with Crippen LogP contribution in [0.25, 0.3) is 5.69 Å². The van der Waals surface area contributed by atoms with Gasteiger partial charge in [0.1, 0.15) is 11.4 Å². The van der Waals surface area contributed by atoms with Gasteiger partial charge in [0.2, 0.25) is 0 Å². The molecular formula is C23H26N4O5. The molecule has 0 unspecified atom stereocenters. The summed E-state index contributed by atoms with van der Waals surface area (Å²) in [7, 11) is 4.67. The van der Waals surface area contributed by atoms with Gasteiger partial charge < -0.3 is 24.2 Å². The lowest BCUT2D eigenvalue weighted by Gasteiger charge is -2.11. The summed E-state index contributed by atoms with van der Waals surface area (Å²) in [5.74, 6) is 1.75. The van der Waals surface area contributed by atoms with Gasteiger partial charge in [0.05, 0.1) is 45.1 Å². The molecule has 0 spiro atoms. The molecule has 0 radical (unpaired) electrons. The Bertz CT molecular complexity index is 1150. The van der Waals surface area contributed by atoms with Crippen LogP contribution in [-0.4, -0.2) is 37.0 Å². The Hall–Kier alpha value is -4.01. The Kier molecular flexibility index (Phi) is 6.99. The van der Waals surface area contributed by atoms with Crippen molar-refractivity contribution >= 4 is 11.9 Å². The highest BCUT2D eigenvalue weighted by molar-refractivity contribution is 5.82. The molecule has 0 atom stereocenters. The maximum absolute atomic E-state index is 11.6. The third kappa shape index (κ3) is 4.66. The Morgan fingerprint density at radius 1 is 1.03 bits per heavy atom. The summed E-state index contributed by atoms with van der Waals surface area (Å²) in [5, 5.41) is 15.9. The molecule has 32 heavy (non-hydrogen) atoms. The number of aryl methyl sites for hydroxylation is 1. The molecule has 168 valence electrons. The van der Waals surface area contributed by atoms with Crippen LogP contribution in [0.4, 0.5) is 5.69 Å². The summed E-state index contributed by atoms with van der Waals surface area (Å²) in [6.45, 7) is 4.30. The van der Waals surface area contributed by atoms with Gasteiger partial charge in [0.15, 0.2) is 11.5 Å².